The number of hydrogen-bond donors (Lipinski definition) is 0. The van der Waals surface area contributed by atoms with Crippen LogP contribution in [0.15, 0.2) is 46.2 Å². The summed E-state index contributed by atoms with van der Waals surface area (Å²) in [5, 5.41) is 1.01. The summed E-state index contributed by atoms with van der Waals surface area (Å²) in [6, 6.07) is 7.89. The van der Waals surface area contributed by atoms with Crippen LogP contribution in [0, 0.1) is 0 Å². The summed E-state index contributed by atoms with van der Waals surface area (Å²) in [6.45, 7) is 0. The van der Waals surface area contributed by atoms with E-state index >= 15 is 0 Å². The van der Waals surface area contributed by atoms with Crippen LogP contribution in [-0.2, 0) is 21.1 Å². The topological polar surface area (TPSA) is 48.9 Å². The molecule has 0 aliphatic rings. The molecule has 102 valence electrons. The summed E-state index contributed by atoms with van der Waals surface area (Å²) in [7, 11) is 5.09. The molecule has 0 radical (unpaired) electrons. The van der Waals surface area contributed by atoms with Crippen molar-refractivity contribution in [2.45, 2.75) is 0 Å². The van der Waals surface area contributed by atoms with Gasteiger partial charge in [-0.05, 0) is 6.07 Å². The van der Waals surface area contributed by atoms with Crippen molar-refractivity contribution in [3.05, 3.63) is 57.5 Å². The molecule has 5 heteroatoms. The molecule has 0 atom stereocenters. The quantitative estimate of drug-likeness (QED) is 0.667. The van der Waals surface area contributed by atoms with Gasteiger partial charge in [-0.15, -0.1) is 0 Å². The van der Waals surface area contributed by atoms with Crippen LogP contribution in [0.3, 0.4) is 0 Å². The second-order valence-electron chi connectivity index (χ2n) is 4.97. The van der Waals surface area contributed by atoms with Gasteiger partial charge in [0, 0.05) is 50.0 Å². The van der Waals surface area contributed by atoms with Gasteiger partial charge >= 0.3 is 5.69 Å². The third-order valence-corrected chi connectivity index (χ3v) is 3.63. The zero-order valence-electron chi connectivity index (χ0n) is 11.6. The Morgan fingerprint density at radius 2 is 1.50 bits per heavy atom. The third kappa shape index (κ3) is 1.63. The standard InChI is InChI=1S/C15H15N3O2/c1-16-8-11(10-6-4-5-7-13(10)16)12-9-17(2)15(20)18(3)14(12)19/h4-9H,1-3H3. The van der Waals surface area contributed by atoms with Gasteiger partial charge in [0.2, 0.25) is 0 Å². The molecule has 1 aromatic carbocycles. The molecular weight excluding hydrogens is 254 g/mol. The fourth-order valence-electron chi connectivity index (χ4n) is 2.55. The van der Waals surface area contributed by atoms with Crippen LogP contribution in [0.2, 0.25) is 0 Å². The highest BCUT2D eigenvalue weighted by molar-refractivity contribution is 5.95. The van der Waals surface area contributed by atoms with Gasteiger partial charge in [0.25, 0.3) is 5.56 Å². The molecule has 3 rings (SSSR count). The molecule has 0 fully saturated rings. The molecule has 0 bridgehead atoms. The number of para-hydroxylation sites is 1. The Bertz CT molecular complexity index is 928. The van der Waals surface area contributed by atoms with Crippen molar-refractivity contribution < 1.29 is 0 Å². The summed E-state index contributed by atoms with van der Waals surface area (Å²) >= 11 is 0. The van der Waals surface area contributed by atoms with E-state index in [9.17, 15) is 9.59 Å². The average Bonchev–Trinajstić information content (AvgIpc) is 2.78. The Morgan fingerprint density at radius 3 is 2.25 bits per heavy atom. The molecule has 2 heterocycles. The van der Waals surface area contributed by atoms with E-state index in [1.807, 2.05) is 42.1 Å². The van der Waals surface area contributed by atoms with Crippen LogP contribution >= 0.6 is 0 Å². The van der Waals surface area contributed by atoms with E-state index in [1.165, 1.54) is 11.6 Å². The lowest BCUT2D eigenvalue weighted by Crippen LogP contribution is -2.37. The van der Waals surface area contributed by atoms with Crippen molar-refractivity contribution in [3.8, 4) is 11.1 Å². The van der Waals surface area contributed by atoms with Crippen LogP contribution in [0.4, 0.5) is 0 Å². The largest absolute Gasteiger partial charge is 0.350 e. The van der Waals surface area contributed by atoms with E-state index in [1.54, 1.807) is 13.2 Å². The van der Waals surface area contributed by atoms with Crippen LogP contribution in [-0.4, -0.2) is 13.7 Å². The lowest BCUT2D eigenvalue weighted by molar-refractivity contribution is 0.689. The molecule has 5 nitrogen and oxygen atoms in total. The van der Waals surface area contributed by atoms with Crippen LogP contribution in [0.1, 0.15) is 0 Å². The highest BCUT2D eigenvalue weighted by Crippen LogP contribution is 2.27. The second kappa shape index (κ2) is 4.23. The van der Waals surface area contributed by atoms with Gasteiger partial charge in [0.15, 0.2) is 0 Å². The maximum absolute atomic E-state index is 12.3. The summed E-state index contributed by atoms with van der Waals surface area (Å²) < 4.78 is 4.55. The minimum absolute atomic E-state index is 0.274. The van der Waals surface area contributed by atoms with E-state index < -0.39 is 0 Å². The number of fused-ring (bicyclic) bond motifs is 1. The van der Waals surface area contributed by atoms with Gasteiger partial charge in [0.05, 0.1) is 5.56 Å². The normalized spacial score (nSPS) is 11.2. The molecular formula is C15H15N3O2. The second-order valence-corrected chi connectivity index (χ2v) is 4.97. The molecule has 0 aliphatic carbocycles. The average molecular weight is 269 g/mol. The SMILES string of the molecule is Cn1cc(-c2cn(C)c3ccccc23)c(=O)n(C)c1=O. The Hall–Kier alpha value is -2.56. The van der Waals surface area contributed by atoms with Gasteiger partial charge in [-0.2, -0.15) is 0 Å². The van der Waals surface area contributed by atoms with E-state index in [2.05, 4.69) is 0 Å². The van der Waals surface area contributed by atoms with Crippen molar-refractivity contribution in [2.24, 2.45) is 21.1 Å². The van der Waals surface area contributed by atoms with Crippen molar-refractivity contribution in [1.29, 1.82) is 0 Å². The van der Waals surface area contributed by atoms with Crippen molar-refractivity contribution in [1.82, 2.24) is 13.7 Å². The first-order chi connectivity index (χ1) is 9.50. The maximum atomic E-state index is 12.3. The highest BCUT2D eigenvalue weighted by Gasteiger charge is 2.14. The van der Waals surface area contributed by atoms with Crippen LogP contribution < -0.4 is 11.2 Å². The predicted octanol–water partition coefficient (Wildman–Crippen LogP) is 1.24. The molecule has 0 amide bonds. The summed E-state index contributed by atoms with van der Waals surface area (Å²) in [4.78, 5) is 24.1. The van der Waals surface area contributed by atoms with E-state index in [0.29, 0.717) is 5.56 Å². The molecule has 0 N–H and O–H groups in total. The van der Waals surface area contributed by atoms with Gasteiger partial charge in [-0.1, -0.05) is 18.2 Å². The Kier molecular flexibility index (Phi) is 2.64. The first-order valence-corrected chi connectivity index (χ1v) is 6.32. The monoisotopic (exact) mass is 269 g/mol. The van der Waals surface area contributed by atoms with Crippen LogP contribution in [0.5, 0.6) is 0 Å². The predicted molar refractivity (Wildman–Crippen MR) is 78.8 cm³/mol. The lowest BCUT2D eigenvalue weighted by atomic mass is 10.1. The summed E-state index contributed by atoms with van der Waals surface area (Å²) in [5.41, 5.74) is 1.84. The van der Waals surface area contributed by atoms with Gasteiger partial charge in [0.1, 0.15) is 0 Å². The van der Waals surface area contributed by atoms with E-state index in [0.717, 1.165) is 21.0 Å². The maximum Gasteiger partial charge on any atom is 0.330 e. The molecule has 0 unspecified atom stereocenters. The fraction of sp³-hybridized carbons (Fsp3) is 0.200. The summed E-state index contributed by atoms with van der Waals surface area (Å²) in [6.07, 6.45) is 3.53. The minimum Gasteiger partial charge on any atom is -0.350 e. The number of nitrogens with zero attached hydrogens (tertiary/aromatic N) is 3. The molecule has 2 aromatic heterocycles. The smallest absolute Gasteiger partial charge is 0.330 e. The molecule has 3 aromatic rings. The Balaban J connectivity index is 2.44. The highest BCUT2D eigenvalue weighted by atomic mass is 16.2. The number of benzene rings is 1. The lowest BCUT2D eigenvalue weighted by Gasteiger charge is -2.05. The Labute approximate surface area is 115 Å². The van der Waals surface area contributed by atoms with Crippen molar-refractivity contribution in [2.75, 3.05) is 0 Å². The Morgan fingerprint density at radius 1 is 0.850 bits per heavy atom. The summed E-state index contributed by atoms with van der Waals surface area (Å²) in [5.74, 6) is 0. The number of aryl methyl sites for hydroxylation is 2. The molecule has 0 saturated carbocycles. The first kappa shape index (κ1) is 12.5. The van der Waals surface area contributed by atoms with Gasteiger partial charge in [-0.25, -0.2) is 4.79 Å². The third-order valence-electron chi connectivity index (χ3n) is 3.63. The number of aromatic nitrogens is 3. The van der Waals surface area contributed by atoms with E-state index in [-0.39, 0.29) is 11.2 Å². The van der Waals surface area contributed by atoms with Gasteiger partial charge < -0.3 is 9.13 Å². The number of hydrogen-bond acceptors (Lipinski definition) is 2. The van der Waals surface area contributed by atoms with Crippen molar-refractivity contribution >= 4 is 10.9 Å². The molecule has 20 heavy (non-hydrogen) atoms. The minimum atomic E-state index is -0.320. The fourth-order valence-corrected chi connectivity index (χ4v) is 2.55. The molecule has 0 aliphatic heterocycles. The first-order valence-electron chi connectivity index (χ1n) is 6.32. The van der Waals surface area contributed by atoms with E-state index in [4.69, 9.17) is 0 Å². The zero-order chi connectivity index (χ0) is 14.4. The molecule has 0 spiro atoms. The van der Waals surface area contributed by atoms with Crippen molar-refractivity contribution in [3.63, 3.8) is 0 Å². The molecule has 0 saturated heterocycles. The van der Waals surface area contributed by atoms with Crippen LogP contribution in [0.25, 0.3) is 22.0 Å². The number of rotatable bonds is 1. The van der Waals surface area contributed by atoms with Gasteiger partial charge in [-0.3, -0.25) is 9.36 Å². The zero-order valence-corrected chi connectivity index (χ0v) is 11.6.